The molecule has 10 aromatic carbocycles. The van der Waals surface area contributed by atoms with Crippen LogP contribution < -0.4 is 4.74 Å². The Bertz CT molecular complexity index is 3580. The first kappa shape index (κ1) is 20.1. The van der Waals surface area contributed by atoms with Crippen molar-refractivity contribution in [3.63, 3.8) is 0 Å². The van der Waals surface area contributed by atoms with E-state index in [2.05, 4.69) is 36.4 Å². The number of hydrogen-bond donors (Lipinski definition) is 0. The standard InChI is InChI=1S/C50H30O/c1-3-13-31(14-4-1)34-21-11-22-37-36(34)26-28-42-47(39-20-10-9-19-38(39)46(50(37)42)33-16-5-2-6-17-33)41-27-29-43-48-35-18-8-7-15-32(35)25-30-45(48)51-44-24-12-23-40(41)49(43)44/h1-30H/i1D,2D,3D,4D,5D,6D,13D,14D,16D,17D. The zero-order chi connectivity index (χ0) is 42.2. The molecule has 0 saturated carbocycles. The molecule has 236 valence electrons. The molecule has 0 atom stereocenters. The van der Waals surface area contributed by atoms with Crippen LogP contribution in [0.25, 0.3) is 98.4 Å². The third-order valence-corrected chi connectivity index (χ3v) is 10.2. The van der Waals surface area contributed by atoms with Gasteiger partial charge in [0, 0.05) is 10.9 Å². The second-order valence-electron chi connectivity index (χ2n) is 12.8. The average molecular weight is 657 g/mol. The molecule has 11 rings (SSSR count). The van der Waals surface area contributed by atoms with Gasteiger partial charge in [-0.05, 0) is 99.6 Å². The summed E-state index contributed by atoms with van der Waals surface area (Å²) in [5.41, 5.74) is 4.69. The van der Waals surface area contributed by atoms with Gasteiger partial charge in [0.05, 0.1) is 13.7 Å². The van der Waals surface area contributed by atoms with E-state index in [1.807, 2.05) is 72.8 Å². The molecule has 1 heteroatoms. The van der Waals surface area contributed by atoms with E-state index in [0.717, 1.165) is 66.1 Å². The molecule has 0 aliphatic carbocycles. The fourth-order valence-corrected chi connectivity index (χ4v) is 8.18. The van der Waals surface area contributed by atoms with Crippen LogP contribution >= 0.6 is 0 Å². The van der Waals surface area contributed by atoms with Crippen LogP contribution in [0.4, 0.5) is 0 Å². The summed E-state index contributed by atoms with van der Waals surface area (Å²) in [5.74, 6) is 1.49. The van der Waals surface area contributed by atoms with Crippen molar-refractivity contribution < 1.29 is 18.4 Å². The van der Waals surface area contributed by atoms with Gasteiger partial charge >= 0.3 is 0 Å². The molecule has 1 aliphatic heterocycles. The molecule has 0 radical (unpaired) electrons. The van der Waals surface area contributed by atoms with Crippen LogP contribution in [0.2, 0.25) is 0 Å². The highest BCUT2D eigenvalue weighted by molar-refractivity contribution is 6.30. The van der Waals surface area contributed by atoms with Gasteiger partial charge in [-0.1, -0.05) is 170 Å². The van der Waals surface area contributed by atoms with Gasteiger partial charge in [-0.25, -0.2) is 0 Å². The van der Waals surface area contributed by atoms with Crippen molar-refractivity contribution in [2.75, 3.05) is 0 Å². The Kier molecular flexibility index (Phi) is 4.29. The Hall–Kier alpha value is -6.70. The Labute approximate surface area is 309 Å². The average Bonchev–Trinajstić information content (AvgIpc) is 3.28. The Morgan fingerprint density at radius 1 is 0.333 bits per heavy atom. The molecule has 0 aromatic heterocycles. The largest absolute Gasteiger partial charge is 0.456 e. The molecular weight excluding hydrogens is 617 g/mol. The number of hydrogen-bond acceptors (Lipinski definition) is 1. The van der Waals surface area contributed by atoms with E-state index in [9.17, 15) is 2.74 Å². The lowest BCUT2D eigenvalue weighted by Crippen LogP contribution is -1.99. The SMILES string of the molecule is [2H]c1c([2H])c([2H])c(-c2cccc3c2ccc2c(-c4ccc5c6c(cccc46)Oc4ccc6ccccc6c4-5)c4ccccc4c(-c4c([2H])c([2H])c([2H])c([2H])c4[2H])c23)c([2H])c1[2H]. The quantitative estimate of drug-likeness (QED) is 0.136. The lowest BCUT2D eigenvalue weighted by Gasteiger charge is -2.25. The van der Waals surface area contributed by atoms with Crippen LogP contribution in [0, 0.1) is 0 Å². The Morgan fingerprint density at radius 2 is 0.980 bits per heavy atom. The van der Waals surface area contributed by atoms with Crippen molar-refractivity contribution in [3.05, 3.63) is 182 Å². The minimum Gasteiger partial charge on any atom is -0.456 e. The first-order valence-corrected chi connectivity index (χ1v) is 16.8. The maximum absolute atomic E-state index is 9.25. The van der Waals surface area contributed by atoms with E-state index in [-0.39, 0.29) is 35.3 Å². The molecule has 0 bridgehead atoms. The lowest BCUT2D eigenvalue weighted by atomic mass is 9.81. The summed E-state index contributed by atoms with van der Waals surface area (Å²) in [6, 6.07) is 35.3. The molecule has 1 nitrogen and oxygen atoms in total. The highest BCUT2D eigenvalue weighted by atomic mass is 16.5. The fourth-order valence-electron chi connectivity index (χ4n) is 8.18. The van der Waals surface area contributed by atoms with Crippen molar-refractivity contribution in [2.24, 2.45) is 0 Å². The first-order chi connectivity index (χ1) is 29.5. The zero-order valence-electron chi connectivity index (χ0n) is 37.0. The molecule has 1 heterocycles. The minimum absolute atomic E-state index is 0.0354. The number of benzene rings is 10. The summed E-state index contributed by atoms with van der Waals surface area (Å²) in [6.45, 7) is 0. The summed E-state index contributed by atoms with van der Waals surface area (Å²) in [4.78, 5) is 0. The first-order valence-electron chi connectivity index (χ1n) is 21.8. The number of ether oxygens (including phenoxy) is 1. The van der Waals surface area contributed by atoms with Crippen LogP contribution in [0.5, 0.6) is 11.5 Å². The van der Waals surface area contributed by atoms with E-state index in [1.165, 1.54) is 0 Å². The molecule has 10 aromatic rings. The number of rotatable bonds is 3. The third kappa shape index (κ3) is 4.09. The fraction of sp³-hybridized carbons (Fsp3) is 0. The Balaban J connectivity index is 1.33. The van der Waals surface area contributed by atoms with Crippen LogP contribution in [0.3, 0.4) is 0 Å². The molecule has 51 heavy (non-hydrogen) atoms. The zero-order valence-corrected chi connectivity index (χ0v) is 27.0. The summed E-state index contributed by atoms with van der Waals surface area (Å²) in [5, 5.41) is 7.99. The van der Waals surface area contributed by atoms with Crippen molar-refractivity contribution in [1.82, 2.24) is 0 Å². The maximum Gasteiger partial charge on any atom is 0.135 e. The van der Waals surface area contributed by atoms with Crippen molar-refractivity contribution in [2.45, 2.75) is 0 Å². The number of fused-ring (bicyclic) bond motifs is 8. The van der Waals surface area contributed by atoms with E-state index >= 15 is 0 Å². The van der Waals surface area contributed by atoms with Gasteiger partial charge in [-0.2, -0.15) is 0 Å². The lowest BCUT2D eigenvalue weighted by molar-refractivity contribution is 0.488. The monoisotopic (exact) mass is 656 g/mol. The van der Waals surface area contributed by atoms with Gasteiger partial charge in [0.1, 0.15) is 11.5 Å². The van der Waals surface area contributed by atoms with Gasteiger partial charge < -0.3 is 4.74 Å². The van der Waals surface area contributed by atoms with E-state index in [1.54, 1.807) is 12.1 Å². The predicted octanol–water partition coefficient (Wildman–Crippen LogP) is 14.2. The minimum atomic E-state index is -0.502. The van der Waals surface area contributed by atoms with Crippen molar-refractivity contribution in [3.8, 4) is 56.0 Å². The molecule has 0 unspecified atom stereocenters. The molecular formula is C50H30O. The van der Waals surface area contributed by atoms with Gasteiger partial charge in [0.25, 0.3) is 0 Å². The maximum atomic E-state index is 9.25. The molecule has 0 N–H and O–H groups in total. The second-order valence-corrected chi connectivity index (χ2v) is 12.8. The molecule has 1 aliphatic rings. The van der Waals surface area contributed by atoms with Crippen molar-refractivity contribution >= 4 is 53.9 Å². The smallest absolute Gasteiger partial charge is 0.135 e. The second kappa shape index (κ2) is 10.9. The van der Waals surface area contributed by atoms with E-state index in [0.29, 0.717) is 32.7 Å². The molecule has 0 fully saturated rings. The van der Waals surface area contributed by atoms with Gasteiger partial charge in [0.2, 0.25) is 0 Å². The summed E-state index contributed by atoms with van der Waals surface area (Å²) in [7, 11) is 0. The normalized spacial score (nSPS) is 14.8. The molecule has 0 amide bonds. The predicted molar refractivity (Wildman–Crippen MR) is 216 cm³/mol. The van der Waals surface area contributed by atoms with Crippen LogP contribution in [0.15, 0.2) is 182 Å². The summed E-state index contributed by atoms with van der Waals surface area (Å²) in [6.07, 6.45) is 0. The topological polar surface area (TPSA) is 9.23 Å². The van der Waals surface area contributed by atoms with Crippen molar-refractivity contribution in [1.29, 1.82) is 0 Å². The third-order valence-electron chi connectivity index (χ3n) is 10.2. The van der Waals surface area contributed by atoms with Gasteiger partial charge in [0.15, 0.2) is 0 Å². The van der Waals surface area contributed by atoms with E-state index < -0.39 is 36.3 Å². The van der Waals surface area contributed by atoms with Crippen LogP contribution in [0.1, 0.15) is 13.7 Å². The van der Waals surface area contributed by atoms with Gasteiger partial charge in [-0.3, -0.25) is 0 Å². The summed E-state index contributed by atoms with van der Waals surface area (Å²) >= 11 is 0. The molecule has 0 saturated heterocycles. The van der Waals surface area contributed by atoms with E-state index in [4.69, 9.17) is 15.7 Å². The summed E-state index contributed by atoms with van der Waals surface area (Å²) < 4.78 is 94.1. The van der Waals surface area contributed by atoms with Gasteiger partial charge in [-0.15, -0.1) is 0 Å². The van der Waals surface area contributed by atoms with Crippen LogP contribution in [-0.4, -0.2) is 0 Å². The molecule has 0 spiro atoms. The van der Waals surface area contributed by atoms with Crippen LogP contribution in [-0.2, 0) is 0 Å². The Morgan fingerprint density at radius 3 is 1.80 bits per heavy atom. The highest BCUT2D eigenvalue weighted by Crippen LogP contribution is 2.53. The highest BCUT2D eigenvalue weighted by Gasteiger charge is 2.26.